The molecule has 86 valence electrons. The fourth-order valence-corrected chi connectivity index (χ4v) is 1.96. The molecule has 0 aromatic heterocycles. The van der Waals surface area contributed by atoms with E-state index < -0.39 is 0 Å². The number of rotatable bonds is 5. The highest BCUT2D eigenvalue weighted by molar-refractivity contribution is 9.10. The third kappa shape index (κ3) is 3.49. The molecule has 0 heterocycles. The molecule has 0 saturated heterocycles. The van der Waals surface area contributed by atoms with Gasteiger partial charge in [-0.2, -0.15) is 0 Å². The van der Waals surface area contributed by atoms with Crippen molar-refractivity contribution in [1.82, 2.24) is 0 Å². The fraction of sp³-hybridized carbons (Fsp3) is 0.308. The Balaban J connectivity index is 2.85. The van der Waals surface area contributed by atoms with Gasteiger partial charge in [-0.15, -0.1) is 6.58 Å². The van der Waals surface area contributed by atoms with Crippen LogP contribution in [0.2, 0.25) is 0 Å². The molecule has 0 aliphatic rings. The maximum atomic E-state index is 10.9. The number of carbonyl (C=O) groups excluding carboxylic acids is 1. The van der Waals surface area contributed by atoms with E-state index in [9.17, 15) is 4.79 Å². The molecule has 0 bridgehead atoms. The summed E-state index contributed by atoms with van der Waals surface area (Å²) in [5, 5.41) is 0. The Hall–Kier alpha value is -1.09. The molecule has 1 rings (SSSR count). The summed E-state index contributed by atoms with van der Waals surface area (Å²) in [6.45, 7) is 8.24. The number of aldehydes is 1. The Labute approximate surface area is 104 Å². The highest BCUT2D eigenvalue weighted by atomic mass is 79.9. The van der Waals surface area contributed by atoms with Gasteiger partial charge in [0.25, 0.3) is 0 Å². The Morgan fingerprint density at radius 2 is 2.25 bits per heavy atom. The average molecular weight is 283 g/mol. The van der Waals surface area contributed by atoms with E-state index in [1.54, 1.807) is 6.07 Å². The molecule has 0 unspecified atom stereocenters. The van der Waals surface area contributed by atoms with Crippen molar-refractivity contribution >= 4 is 22.2 Å². The van der Waals surface area contributed by atoms with E-state index in [-0.39, 0.29) is 0 Å². The second kappa shape index (κ2) is 5.85. The molecule has 0 aliphatic heterocycles. The van der Waals surface area contributed by atoms with Crippen molar-refractivity contribution in [2.75, 3.05) is 6.61 Å². The Morgan fingerprint density at radius 1 is 1.56 bits per heavy atom. The van der Waals surface area contributed by atoms with E-state index in [0.717, 1.165) is 28.3 Å². The van der Waals surface area contributed by atoms with Crippen LogP contribution in [0.15, 0.2) is 28.8 Å². The van der Waals surface area contributed by atoms with Gasteiger partial charge in [0.1, 0.15) is 5.75 Å². The minimum atomic E-state index is 0.554. The molecule has 0 radical (unpaired) electrons. The van der Waals surface area contributed by atoms with Crippen LogP contribution in [0.1, 0.15) is 29.3 Å². The molecule has 0 aliphatic carbocycles. The molecule has 16 heavy (non-hydrogen) atoms. The van der Waals surface area contributed by atoms with E-state index in [2.05, 4.69) is 22.5 Å². The van der Waals surface area contributed by atoms with E-state index in [0.29, 0.717) is 17.9 Å². The molecule has 1 aromatic carbocycles. The van der Waals surface area contributed by atoms with Crippen LogP contribution in [0.25, 0.3) is 0 Å². The van der Waals surface area contributed by atoms with Crippen molar-refractivity contribution in [3.05, 3.63) is 39.9 Å². The maximum absolute atomic E-state index is 10.9. The standard InChI is InChI=1S/C13H15BrO2/c1-9(2)4-5-16-13-10(3)6-12(14)7-11(13)8-15/h6-8H,1,4-5H2,2-3H3. The van der Waals surface area contributed by atoms with Crippen LogP contribution in [0, 0.1) is 6.92 Å². The highest BCUT2D eigenvalue weighted by Crippen LogP contribution is 2.27. The quantitative estimate of drug-likeness (QED) is 0.605. The monoisotopic (exact) mass is 282 g/mol. The van der Waals surface area contributed by atoms with Gasteiger partial charge in [-0.3, -0.25) is 4.79 Å². The third-order valence-corrected chi connectivity index (χ3v) is 2.63. The van der Waals surface area contributed by atoms with Crippen molar-refractivity contribution < 1.29 is 9.53 Å². The van der Waals surface area contributed by atoms with Crippen LogP contribution in [0.4, 0.5) is 0 Å². The Morgan fingerprint density at radius 3 is 2.81 bits per heavy atom. The van der Waals surface area contributed by atoms with E-state index in [1.165, 1.54) is 0 Å². The SMILES string of the molecule is C=C(C)CCOc1c(C)cc(Br)cc1C=O. The van der Waals surface area contributed by atoms with Crippen LogP contribution in [0.5, 0.6) is 5.75 Å². The number of ether oxygens (including phenoxy) is 1. The summed E-state index contributed by atoms with van der Waals surface area (Å²) in [6, 6.07) is 3.69. The summed E-state index contributed by atoms with van der Waals surface area (Å²) in [7, 11) is 0. The van der Waals surface area contributed by atoms with Gasteiger partial charge in [-0.05, 0) is 31.5 Å². The minimum Gasteiger partial charge on any atom is -0.492 e. The van der Waals surface area contributed by atoms with E-state index >= 15 is 0 Å². The van der Waals surface area contributed by atoms with Gasteiger partial charge in [-0.1, -0.05) is 21.5 Å². The van der Waals surface area contributed by atoms with Crippen molar-refractivity contribution in [3.63, 3.8) is 0 Å². The first-order valence-electron chi connectivity index (χ1n) is 5.07. The van der Waals surface area contributed by atoms with Crippen LogP contribution in [0.3, 0.4) is 0 Å². The van der Waals surface area contributed by atoms with Gasteiger partial charge in [0.15, 0.2) is 6.29 Å². The van der Waals surface area contributed by atoms with Gasteiger partial charge in [0, 0.05) is 10.9 Å². The van der Waals surface area contributed by atoms with Gasteiger partial charge >= 0.3 is 0 Å². The van der Waals surface area contributed by atoms with Crippen LogP contribution < -0.4 is 4.74 Å². The molecule has 0 fully saturated rings. The molecule has 0 amide bonds. The van der Waals surface area contributed by atoms with Gasteiger partial charge < -0.3 is 4.74 Å². The minimum absolute atomic E-state index is 0.554. The number of hydrogen-bond donors (Lipinski definition) is 0. The lowest BCUT2D eigenvalue weighted by molar-refractivity contribution is 0.111. The van der Waals surface area contributed by atoms with Crippen molar-refractivity contribution in [3.8, 4) is 5.75 Å². The zero-order chi connectivity index (χ0) is 12.1. The molecule has 1 aromatic rings. The van der Waals surface area contributed by atoms with E-state index in [1.807, 2.05) is 19.9 Å². The van der Waals surface area contributed by atoms with Crippen molar-refractivity contribution in [1.29, 1.82) is 0 Å². The number of hydrogen-bond acceptors (Lipinski definition) is 2. The molecule has 2 nitrogen and oxygen atoms in total. The van der Waals surface area contributed by atoms with E-state index in [4.69, 9.17) is 4.74 Å². The van der Waals surface area contributed by atoms with Gasteiger partial charge in [0.2, 0.25) is 0 Å². The second-order valence-electron chi connectivity index (χ2n) is 3.81. The summed E-state index contributed by atoms with van der Waals surface area (Å²) in [6.07, 6.45) is 1.61. The van der Waals surface area contributed by atoms with Gasteiger partial charge in [0.05, 0.1) is 12.2 Å². The second-order valence-corrected chi connectivity index (χ2v) is 4.73. The lowest BCUT2D eigenvalue weighted by Crippen LogP contribution is -2.02. The summed E-state index contributed by atoms with van der Waals surface area (Å²) in [5.41, 5.74) is 2.61. The lowest BCUT2D eigenvalue weighted by atomic mass is 10.1. The van der Waals surface area contributed by atoms with Gasteiger partial charge in [-0.25, -0.2) is 0 Å². The zero-order valence-electron chi connectivity index (χ0n) is 9.55. The van der Waals surface area contributed by atoms with Crippen molar-refractivity contribution in [2.45, 2.75) is 20.3 Å². The molecular weight excluding hydrogens is 268 g/mol. The maximum Gasteiger partial charge on any atom is 0.153 e. The average Bonchev–Trinajstić information content (AvgIpc) is 2.20. The zero-order valence-corrected chi connectivity index (χ0v) is 11.1. The number of aryl methyl sites for hydroxylation is 1. The summed E-state index contributed by atoms with van der Waals surface area (Å²) in [5.74, 6) is 0.666. The van der Waals surface area contributed by atoms with Crippen LogP contribution in [-0.2, 0) is 0 Å². The first kappa shape index (κ1) is 13.0. The normalized spacial score (nSPS) is 9.94. The fourth-order valence-electron chi connectivity index (χ4n) is 1.37. The highest BCUT2D eigenvalue weighted by Gasteiger charge is 2.08. The predicted molar refractivity (Wildman–Crippen MR) is 69.2 cm³/mol. The Kier molecular flexibility index (Phi) is 4.74. The number of benzene rings is 1. The molecule has 0 spiro atoms. The molecule has 3 heteroatoms. The summed E-state index contributed by atoms with van der Waals surface area (Å²) < 4.78 is 6.50. The van der Waals surface area contributed by atoms with Crippen LogP contribution in [-0.4, -0.2) is 12.9 Å². The number of carbonyl (C=O) groups is 1. The largest absolute Gasteiger partial charge is 0.492 e. The van der Waals surface area contributed by atoms with Crippen LogP contribution >= 0.6 is 15.9 Å². The first-order chi connectivity index (χ1) is 7.54. The summed E-state index contributed by atoms with van der Waals surface area (Å²) in [4.78, 5) is 10.9. The lowest BCUT2D eigenvalue weighted by Gasteiger charge is -2.11. The Bertz CT molecular complexity index is 411. The first-order valence-corrected chi connectivity index (χ1v) is 5.86. The molecule has 0 N–H and O–H groups in total. The topological polar surface area (TPSA) is 26.3 Å². The molecule has 0 saturated carbocycles. The summed E-state index contributed by atoms with van der Waals surface area (Å²) >= 11 is 3.35. The molecular formula is C13H15BrO2. The predicted octanol–water partition coefficient (Wildman–Crippen LogP) is 3.92. The number of halogens is 1. The van der Waals surface area contributed by atoms with Crippen molar-refractivity contribution in [2.24, 2.45) is 0 Å². The molecule has 0 atom stereocenters. The smallest absolute Gasteiger partial charge is 0.153 e. The third-order valence-electron chi connectivity index (χ3n) is 2.17.